The lowest BCUT2D eigenvalue weighted by Gasteiger charge is -2.25. The summed E-state index contributed by atoms with van der Waals surface area (Å²) >= 11 is 0. The molecule has 1 fully saturated rings. The second-order valence-electron chi connectivity index (χ2n) is 4.34. The van der Waals surface area contributed by atoms with Crippen molar-refractivity contribution in [2.75, 3.05) is 5.75 Å². The molecule has 1 aliphatic carbocycles. The molecule has 0 heterocycles. The summed E-state index contributed by atoms with van der Waals surface area (Å²) < 4.78 is 11.9. The molecule has 0 saturated heterocycles. The van der Waals surface area contributed by atoms with Gasteiger partial charge in [0.25, 0.3) is 0 Å². The molecular formula is C11H23NOS. The molecule has 84 valence electrons. The van der Waals surface area contributed by atoms with E-state index >= 15 is 0 Å². The molecule has 0 spiro atoms. The normalized spacial score (nSPS) is 30.1. The Balaban J connectivity index is 2.22. The van der Waals surface area contributed by atoms with Gasteiger partial charge in [-0.1, -0.05) is 26.2 Å². The van der Waals surface area contributed by atoms with E-state index < -0.39 is 10.8 Å². The molecular weight excluding hydrogens is 194 g/mol. The zero-order chi connectivity index (χ0) is 10.4. The third kappa shape index (κ3) is 4.09. The van der Waals surface area contributed by atoms with Gasteiger partial charge in [0, 0.05) is 27.8 Å². The molecule has 3 atom stereocenters. The van der Waals surface area contributed by atoms with Crippen LogP contribution in [0.4, 0.5) is 0 Å². The second-order valence-corrected chi connectivity index (χ2v) is 6.18. The van der Waals surface area contributed by atoms with Gasteiger partial charge < -0.3 is 5.73 Å². The fourth-order valence-corrected chi connectivity index (χ4v) is 3.79. The monoisotopic (exact) mass is 217 g/mol. The molecule has 1 rings (SSSR count). The lowest BCUT2D eigenvalue weighted by Crippen LogP contribution is -2.33. The van der Waals surface area contributed by atoms with Crippen molar-refractivity contribution in [1.29, 1.82) is 0 Å². The quantitative estimate of drug-likeness (QED) is 0.717. The summed E-state index contributed by atoms with van der Waals surface area (Å²) in [7, 11) is -0.609. The van der Waals surface area contributed by atoms with Crippen LogP contribution in [0.15, 0.2) is 0 Å². The third-order valence-corrected chi connectivity index (χ3v) is 4.85. The Kier molecular flexibility index (Phi) is 5.71. The predicted octanol–water partition coefficient (Wildman–Crippen LogP) is 2.20. The van der Waals surface area contributed by atoms with E-state index in [0.717, 1.165) is 31.4 Å². The minimum atomic E-state index is -0.609. The van der Waals surface area contributed by atoms with Gasteiger partial charge in [0.15, 0.2) is 0 Å². The van der Waals surface area contributed by atoms with E-state index in [1.807, 2.05) is 0 Å². The molecule has 1 aliphatic rings. The molecule has 0 radical (unpaired) electrons. The van der Waals surface area contributed by atoms with E-state index in [9.17, 15) is 4.21 Å². The highest BCUT2D eigenvalue weighted by Gasteiger charge is 2.23. The van der Waals surface area contributed by atoms with Crippen LogP contribution in [-0.2, 0) is 10.8 Å². The van der Waals surface area contributed by atoms with Crippen LogP contribution in [0.25, 0.3) is 0 Å². The van der Waals surface area contributed by atoms with Gasteiger partial charge in [-0.3, -0.25) is 4.21 Å². The van der Waals surface area contributed by atoms with E-state index in [1.165, 1.54) is 19.3 Å². The standard InChI is InChI=1S/C11H23NOS/c1-2-3-4-8-14(13)11-7-5-6-10(12)9-11/h10-11H,2-9,12H2,1H3. The zero-order valence-corrected chi connectivity index (χ0v) is 10.0. The number of unbranched alkanes of at least 4 members (excludes halogenated alkanes) is 2. The van der Waals surface area contributed by atoms with Crippen LogP contribution in [-0.4, -0.2) is 21.3 Å². The number of nitrogens with two attached hydrogens (primary N) is 1. The van der Waals surface area contributed by atoms with Crippen LogP contribution < -0.4 is 5.73 Å². The van der Waals surface area contributed by atoms with E-state index in [4.69, 9.17) is 5.73 Å². The topological polar surface area (TPSA) is 43.1 Å². The highest BCUT2D eigenvalue weighted by molar-refractivity contribution is 7.85. The Morgan fingerprint density at radius 3 is 2.79 bits per heavy atom. The minimum absolute atomic E-state index is 0.309. The molecule has 0 aromatic carbocycles. The van der Waals surface area contributed by atoms with Crippen molar-refractivity contribution in [1.82, 2.24) is 0 Å². The molecule has 2 nitrogen and oxygen atoms in total. The average Bonchev–Trinajstić information content (AvgIpc) is 2.18. The Bertz CT molecular complexity index is 184. The largest absolute Gasteiger partial charge is 0.328 e. The first kappa shape index (κ1) is 12.2. The first-order valence-corrected chi connectivity index (χ1v) is 7.25. The molecule has 0 amide bonds. The molecule has 0 aliphatic heterocycles. The van der Waals surface area contributed by atoms with Crippen LogP contribution in [0, 0.1) is 0 Å². The van der Waals surface area contributed by atoms with Crippen LogP contribution in [0.3, 0.4) is 0 Å². The van der Waals surface area contributed by atoms with Gasteiger partial charge in [-0.05, 0) is 25.7 Å². The van der Waals surface area contributed by atoms with Crippen LogP contribution >= 0.6 is 0 Å². The van der Waals surface area contributed by atoms with E-state index in [-0.39, 0.29) is 0 Å². The van der Waals surface area contributed by atoms with Crippen molar-refractivity contribution in [3.63, 3.8) is 0 Å². The maximum Gasteiger partial charge on any atom is 0.0362 e. The van der Waals surface area contributed by atoms with Gasteiger partial charge in [0.2, 0.25) is 0 Å². The number of hydrogen-bond acceptors (Lipinski definition) is 2. The lowest BCUT2D eigenvalue weighted by atomic mass is 9.96. The second kappa shape index (κ2) is 6.57. The molecule has 0 aromatic rings. The maximum atomic E-state index is 11.9. The predicted molar refractivity (Wildman–Crippen MR) is 62.8 cm³/mol. The number of rotatable bonds is 5. The highest BCUT2D eigenvalue weighted by Crippen LogP contribution is 2.22. The van der Waals surface area contributed by atoms with Gasteiger partial charge in [0.1, 0.15) is 0 Å². The van der Waals surface area contributed by atoms with Crippen LogP contribution in [0.2, 0.25) is 0 Å². The van der Waals surface area contributed by atoms with Gasteiger partial charge in [-0.2, -0.15) is 0 Å². The smallest absolute Gasteiger partial charge is 0.0362 e. The molecule has 3 unspecified atom stereocenters. The molecule has 14 heavy (non-hydrogen) atoms. The first-order chi connectivity index (χ1) is 6.74. The van der Waals surface area contributed by atoms with Crippen molar-refractivity contribution in [3.05, 3.63) is 0 Å². The molecule has 0 bridgehead atoms. The summed E-state index contributed by atoms with van der Waals surface area (Å²) in [6.07, 6.45) is 7.96. The van der Waals surface area contributed by atoms with Crippen LogP contribution in [0.5, 0.6) is 0 Å². The van der Waals surface area contributed by atoms with Crippen molar-refractivity contribution < 1.29 is 4.21 Å². The highest BCUT2D eigenvalue weighted by atomic mass is 32.2. The number of hydrogen-bond donors (Lipinski definition) is 1. The van der Waals surface area contributed by atoms with E-state index in [2.05, 4.69) is 6.92 Å². The SMILES string of the molecule is CCCCCS(=O)C1CCCC(N)C1. The van der Waals surface area contributed by atoms with Gasteiger partial charge in [-0.25, -0.2) is 0 Å². The summed E-state index contributed by atoms with van der Waals surface area (Å²) in [4.78, 5) is 0. The van der Waals surface area contributed by atoms with Crippen LogP contribution in [0.1, 0.15) is 51.9 Å². The van der Waals surface area contributed by atoms with Crippen molar-refractivity contribution >= 4 is 10.8 Å². The van der Waals surface area contributed by atoms with Gasteiger partial charge in [-0.15, -0.1) is 0 Å². The van der Waals surface area contributed by atoms with Crippen molar-refractivity contribution in [2.24, 2.45) is 5.73 Å². The van der Waals surface area contributed by atoms with Gasteiger partial charge in [0.05, 0.1) is 0 Å². The van der Waals surface area contributed by atoms with Gasteiger partial charge >= 0.3 is 0 Å². The summed E-state index contributed by atoms with van der Waals surface area (Å²) in [6, 6.07) is 0.309. The third-order valence-electron chi connectivity index (χ3n) is 2.99. The lowest BCUT2D eigenvalue weighted by molar-refractivity contribution is 0.444. The minimum Gasteiger partial charge on any atom is -0.328 e. The fraction of sp³-hybridized carbons (Fsp3) is 1.00. The Morgan fingerprint density at radius 2 is 2.14 bits per heavy atom. The molecule has 2 N–H and O–H groups in total. The molecule has 3 heteroatoms. The summed E-state index contributed by atoms with van der Waals surface area (Å²) in [5, 5.41) is 0.399. The van der Waals surface area contributed by atoms with Crippen molar-refractivity contribution in [3.8, 4) is 0 Å². The Hall–Kier alpha value is 0.110. The summed E-state index contributed by atoms with van der Waals surface area (Å²) in [6.45, 7) is 2.18. The molecule has 1 saturated carbocycles. The fourth-order valence-electron chi connectivity index (χ4n) is 2.08. The zero-order valence-electron chi connectivity index (χ0n) is 9.21. The molecule has 0 aromatic heterocycles. The Morgan fingerprint density at radius 1 is 1.36 bits per heavy atom. The van der Waals surface area contributed by atoms with E-state index in [0.29, 0.717) is 11.3 Å². The summed E-state index contributed by atoms with van der Waals surface area (Å²) in [5.41, 5.74) is 5.88. The summed E-state index contributed by atoms with van der Waals surface area (Å²) in [5.74, 6) is 0.894. The van der Waals surface area contributed by atoms with Crippen molar-refractivity contribution in [2.45, 2.75) is 63.2 Å². The van der Waals surface area contributed by atoms with E-state index in [1.54, 1.807) is 0 Å². The Labute approximate surface area is 90.1 Å². The maximum absolute atomic E-state index is 11.9. The first-order valence-electron chi connectivity index (χ1n) is 5.86. The average molecular weight is 217 g/mol.